The van der Waals surface area contributed by atoms with Gasteiger partial charge >= 0.3 is 0 Å². The number of carbonyl (C=O) groups is 1. The SMILES string of the molecule is COc1cccc(OCCCn2c(C(C)NC(=O)c3ccncc3)nc3ccccc32)c1. The van der Waals surface area contributed by atoms with Crippen molar-refractivity contribution in [3.63, 3.8) is 0 Å². The molecule has 0 spiro atoms. The predicted octanol–water partition coefficient (Wildman–Crippen LogP) is 4.40. The zero-order valence-electron chi connectivity index (χ0n) is 18.2. The molecule has 1 N–H and O–H groups in total. The van der Waals surface area contributed by atoms with Crippen LogP contribution in [0.15, 0.2) is 73.1 Å². The molecule has 0 saturated carbocycles. The van der Waals surface area contributed by atoms with Gasteiger partial charge < -0.3 is 19.4 Å². The van der Waals surface area contributed by atoms with Gasteiger partial charge in [-0.15, -0.1) is 0 Å². The van der Waals surface area contributed by atoms with E-state index in [1.807, 2.05) is 55.5 Å². The summed E-state index contributed by atoms with van der Waals surface area (Å²) in [5.41, 5.74) is 2.51. The van der Waals surface area contributed by atoms with E-state index >= 15 is 0 Å². The third-order valence-corrected chi connectivity index (χ3v) is 5.20. The van der Waals surface area contributed by atoms with E-state index in [0.717, 1.165) is 41.3 Å². The summed E-state index contributed by atoms with van der Waals surface area (Å²) in [7, 11) is 1.64. The molecule has 7 nitrogen and oxygen atoms in total. The zero-order chi connectivity index (χ0) is 22.3. The Morgan fingerprint density at radius 3 is 2.66 bits per heavy atom. The molecule has 2 aromatic carbocycles. The third-order valence-electron chi connectivity index (χ3n) is 5.20. The number of rotatable bonds is 9. The van der Waals surface area contributed by atoms with Crippen molar-refractivity contribution in [1.82, 2.24) is 19.9 Å². The number of pyridine rings is 1. The van der Waals surface area contributed by atoms with Crippen LogP contribution in [-0.4, -0.2) is 34.2 Å². The fourth-order valence-electron chi connectivity index (χ4n) is 3.61. The zero-order valence-corrected chi connectivity index (χ0v) is 18.2. The summed E-state index contributed by atoms with van der Waals surface area (Å²) in [6.07, 6.45) is 4.00. The van der Waals surface area contributed by atoms with Gasteiger partial charge in [0.1, 0.15) is 17.3 Å². The van der Waals surface area contributed by atoms with Crippen molar-refractivity contribution < 1.29 is 14.3 Å². The number of para-hydroxylation sites is 2. The van der Waals surface area contributed by atoms with Crippen molar-refractivity contribution in [2.75, 3.05) is 13.7 Å². The summed E-state index contributed by atoms with van der Waals surface area (Å²) in [5, 5.41) is 3.05. The van der Waals surface area contributed by atoms with Crippen molar-refractivity contribution in [1.29, 1.82) is 0 Å². The molecule has 0 aliphatic rings. The van der Waals surface area contributed by atoms with Crippen LogP contribution in [0.1, 0.15) is 35.6 Å². The number of fused-ring (bicyclic) bond motifs is 1. The number of aryl methyl sites for hydroxylation is 1. The molecular formula is C25H26N4O3. The minimum Gasteiger partial charge on any atom is -0.497 e. The van der Waals surface area contributed by atoms with E-state index in [-0.39, 0.29) is 11.9 Å². The molecule has 32 heavy (non-hydrogen) atoms. The number of benzene rings is 2. The van der Waals surface area contributed by atoms with Crippen molar-refractivity contribution >= 4 is 16.9 Å². The molecule has 2 aromatic heterocycles. The first-order valence-electron chi connectivity index (χ1n) is 10.6. The quantitative estimate of drug-likeness (QED) is 0.398. The van der Waals surface area contributed by atoms with Gasteiger partial charge in [0.2, 0.25) is 0 Å². The number of hydrogen-bond acceptors (Lipinski definition) is 5. The molecule has 164 valence electrons. The van der Waals surface area contributed by atoms with E-state index in [2.05, 4.69) is 14.9 Å². The molecule has 1 amide bonds. The minimum absolute atomic E-state index is 0.153. The Labute approximate surface area is 187 Å². The molecule has 0 aliphatic carbocycles. The summed E-state index contributed by atoms with van der Waals surface area (Å²) >= 11 is 0. The minimum atomic E-state index is -0.262. The summed E-state index contributed by atoms with van der Waals surface area (Å²) in [5.74, 6) is 2.21. The maximum Gasteiger partial charge on any atom is 0.251 e. The topological polar surface area (TPSA) is 78.3 Å². The second kappa shape index (κ2) is 9.96. The Bertz CT molecular complexity index is 1190. The van der Waals surface area contributed by atoms with Gasteiger partial charge in [-0.2, -0.15) is 0 Å². The maximum absolute atomic E-state index is 12.6. The van der Waals surface area contributed by atoms with Crippen LogP contribution in [0.4, 0.5) is 0 Å². The van der Waals surface area contributed by atoms with Crippen LogP contribution in [-0.2, 0) is 6.54 Å². The van der Waals surface area contributed by atoms with Gasteiger partial charge in [-0.05, 0) is 49.7 Å². The van der Waals surface area contributed by atoms with E-state index in [4.69, 9.17) is 14.5 Å². The number of hydrogen-bond donors (Lipinski definition) is 1. The molecule has 0 aliphatic heterocycles. The van der Waals surface area contributed by atoms with Gasteiger partial charge in [0.15, 0.2) is 0 Å². The van der Waals surface area contributed by atoms with Crippen LogP contribution < -0.4 is 14.8 Å². The summed E-state index contributed by atoms with van der Waals surface area (Å²) in [4.78, 5) is 21.4. The monoisotopic (exact) mass is 430 g/mol. The van der Waals surface area contributed by atoms with Crippen LogP contribution in [0.2, 0.25) is 0 Å². The Balaban J connectivity index is 1.46. The van der Waals surface area contributed by atoms with Crippen molar-refractivity contribution in [3.05, 3.63) is 84.4 Å². The number of ether oxygens (including phenoxy) is 2. The molecule has 1 unspecified atom stereocenters. The van der Waals surface area contributed by atoms with E-state index < -0.39 is 0 Å². The lowest BCUT2D eigenvalue weighted by Gasteiger charge is -2.17. The van der Waals surface area contributed by atoms with Gasteiger partial charge in [0.25, 0.3) is 5.91 Å². The largest absolute Gasteiger partial charge is 0.497 e. The van der Waals surface area contributed by atoms with Gasteiger partial charge in [-0.1, -0.05) is 18.2 Å². The van der Waals surface area contributed by atoms with Crippen molar-refractivity contribution in [2.45, 2.75) is 25.9 Å². The molecule has 0 bridgehead atoms. The number of nitrogens with one attached hydrogen (secondary N) is 1. The molecule has 0 radical (unpaired) electrons. The molecule has 7 heteroatoms. The molecule has 4 rings (SSSR count). The average molecular weight is 431 g/mol. The van der Waals surface area contributed by atoms with Gasteiger partial charge in [-0.3, -0.25) is 9.78 Å². The lowest BCUT2D eigenvalue weighted by molar-refractivity contribution is 0.0937. The Hall–Kier alpha value is -3.87. The number of amides is 1. The van der Waals surface area contributed by atoms with Crippen molar-refractivity contribution in [3.8, 4) is 11.5 Å². The van der Waals surface area contributed by atoms with Crippen LogP contribution in [0.3, 0.4) is 0 Å². The van der Waals surface area contributed by atoms with Crippen LogP contribution in [0, 0.1) is 0 Å². The standard InChI is InChI=1S/C25H26N4O3/c1-18(27-25(30)19-11-13-26-14-12-19)24-28-22-9-3-4-10-23(22)29(24)15-6-16-32-21-8-5-7-20(17-21)31-2/h3-5,7-14,17-18H,6,15-16H2,1-2H3,(H,27,30). The summed E-state index contributed by atoms with van der Waals surface area (Å²) in [6, 6.07) is 18.7. The second-order valence-electron chi connectivity index (χ2n) is 7.42. The highest BCUT2D eigenvalue weighted by molar-refractivity contribution is 5.94. The van der Waals surface area contributed by atoms with E-state index in [1.54, 1.807) is 31.6 Å². The molecule has 0 saturated heterocycles. The molecule has 1 atom stereocenters. The first-order chi connectivity index (χ1) is 15.7. The van der Waals surface area contributed by atoms with Gasteiger partial charge in [0, 0.05) is 30.6 Å². The van der Waals surface area contributed by atoms with Crippen LogP contribution >= 0.6 is 0 Å². The van der Waals surface area contributed by atoms with Gasteiger partial charge in [-0.25, -0.2) is 4.98 Å². The fraction of sp³-hybridized carbons (Fsp3) is 0.240. The van der Waals surface area contributed by atoms with E-state index in [1.165, 1.54) is 0 Å². The molecule has 0 fully saturated rings. The summed E-state index contributed by atoms with van der Waals surface area (Å²) in [6.45, 7) is 3.22. The van der Waals surface area contributed by atoms with Crippen LogP contribution in [0.25, 0.3) is 11.0 Å². The number of imidazole rings is 1. The predicted molar refractivity (Wildman–Crippen MR) is 123 cm³/mol. The molecular weight excluding hydrogens is 404 g/mol. The highest BCUT2D eigenvalue weighted by atomic mass is 16.5. The average Bonchev–Trinajstić information content (AvgIpc) is 3.21. The summed E-state index contributed by atoms with van der Waals surface area (Å²) < 4.78 is 13.3. The Kier molecular flexibility index (Phi) is 6.65. The normalized spacial score (nSPS) is 11.8. The lowest BCUT2D eigenvalue weighted by atomic mass is 10.2. The van der Waals surface area contributed by atoms with Gasteiger partial charge in [0.05, 0.1) is 30.8 Å². The first kappa shape index (κ1) is 21.4. The molecule has 2 heterocycles. The first-order valence-corrected chi connectivity index (χ1v) is 10.6. The Morgan fingerprint density at radius 1 is 1.06 bits per heavy atom. The smallest absolute Gasteiger partial charge is 0.251 e. The van der Waals surface area contributed by atoms with E-state index in [0.29, 0.717) is 12.2 Å². The number of nitrogens with zero attached hydrogens (tertiary/aromatic N) is 3. The van der Waals surface area contributed by atoms with Crippen LogP contribution in [0.5, 0.6) is 11.5 Å². The highest BCUT2D eigenvalue weighted by Gasteiger charge is 2.19. The number of methoxy groups -OCH3 is 1. The maximum atomic E-state index is 12.6. The number of carbonyl (C=O) groups excluding carboxylic acids is 1. The highest BCUT2D eigenvalue weighted by Crippen LogP contribution is 2.22. The van der Waals surface area contributed by atoms with E-state index in [9.17, 15) is 4.79 Å². The Morgan fingerprint density at radius 2 is 1.84 bits per heavy atom. The fourth-order valence-corrected chi connectivity index (χ4v) is 3.61. The van der Waals surface area contributed by atoms with Crippen molar-refractivity contribution in [2.24, 2.45) is 0 Å². The second-order valence-corrected chi connectivity index (χ2v) is 7.42. The lowest BCUT2D eigenvalue weighted by Crippen LogP contribution is -2.28. The third kappa shape index (κ3) is 4.88. The molecule has 4 aromatic rings. The number of aromatic nitrogens is 3.